The largest absolute Gasteiger partial charge is 0.370 e. The van der Waals surface area contributed by atoms with Crippen molar-refractivity contribution in [3.63, 3.8) is 0 Å². The topological polar surface area (TPSA) is 76.4 Å². The zero-order valence-electron chi connectivity index (χ0n) is 10.3. The van der Waals surface area contributed by atoms with Gasteiger partial charge in [0.25, 0.3) is 0 Å². The molecule has 16 heavy (non-hydrogen) atoms. The zero-order chi connectivity index (χ0) is 12.4. The molecule has 1 aromatic rings. The summed E-state index contributed by atoms with van der Waals surface area (Å²) in [6, 6.07) is 8.16. The molecule has 0 amide bonds. The maximum Gasteiger partial charge on any atom is 0.186 e. The van der Waals surface area contributed by atoms with Gasteiger partial charge in [0, 0.05) is 6.54 Å². The summed E-state index contributed by atoms with van der Waals surface area (Å²) in [5.41, 5.74) is 12.9. The second-order valence-corrected chi connectivity index (χ2v) is 3.09. The van der Waals surface area contributed by atoms with Gasteiger partial charge in [-0.05, 0) is 18.2 Å². The van der Waals surface area contributed by atoms with Crippen molar-refractivity contribution < 1.29 is 0 Å². The van der Waals surface area contributed by atoms with Gasteiger partial charge in [0.1, 0.15) is 0 Å². The van der Waals surface area contributed by atoms with Crippen molar-refractivity contribution in [1.82, 2.24) is 5.32 Å². The summed E-state index contributed by atoms with van der Waals surface area (Å²) in [5, 5.41) is 3.09. The number of nitrogens with two attached hydrogens (primary N) is 2. The van der Waals surface area contributed by atoms with E-state index in [-0.39, 0.29) is 5.96 Å². The van der Waals surface area contributed by atoms with E-state index in [0.717, 1.165) is 12.1 Å². The molecule has 4 heteroatoms. The molecular weight excluding hydrogens is 200 g/mol. The molecule has 0 aromatic heterocycles. The lowest BCUT2D eigenvalue weighted by atomic mass is 10.1. The number of benzene rings is 1. The third-order valence-electron chi connectivity index (χ3n) is 1.82. The first-order valence-electron chi connectivity index (χ1n) is 5.50. The van der Waals surface area contributed by atoms with Crippen LogP contribution in [0.15, 0.2) is 29.3 Å². The van der Waals surface area contributed by atoms with E-state index in [1.807, 2.05) is 33.0 Å². The first-order chi connectivity index (χ1) is 7.72. The lowest BCUT2D eigenvalue weighted by molar-refractivity contribution is 0.815. The highest BCUT2D eigenvalue weighted by molar-refractivity contribution is 5.75. The number of nitrogens with zero attached hydrogens (tertiary/aromatic N) is 1. The average Bonchev–Trinajstić information content (AvgIpc) is 2.30. The van der Waals surface area contributed by atoms with Gasteiger partial charge < -0.3 is 16.8 Å². The molecule has 0 atom stereocenters. The predicted octanol–water partition coefficient (Wildman–Crippen LogP) is 1.21. The Hall–Kier alpha value is -1.55. The molecular formula is C12H22N4. The smallest absolute Gasteiger partial charge is 0.186 e. The second-order valence-electron chi connectivity index (χ2n) is 3.09. The van der Waals surface area contributed by atoms with Crippen LogP contribution in [0.2, 0.25) is 0 Å². The van der Waals surface area contributed by atoms with Crippen LogP contribution >= 0.6 is 0 Å². The molecule has 4 nitrogen and oxygen atoms in total. The molecule has 1 aromatic carbocycles. The third kappa shape index (κ3) is 6.03. The number of nitrogens with one attached hydrogen (secondary N) is 1. The lowest BCUT2D eigenvalue weighted by Crippen LogP contribution is -2.22. The van der Waals surface area contributed by atoms with Crippen LogP contribution in [0.1, 0.15) is 25.0 Å². The minimum absolute atomic E-state index is 0.129. The van der Waals surface area contributed by atoms with Crippen molar-refractivity contribution in [3.8, 4) is 0 Å². The molecule has 0 aliphatic carbocycles. The van der Waals surface area contributed by atoms with E-state index in [1.165, 1.54) is 5.56 Å². The Morgan fingerprint density at radius 1 is 1.25 bits per heavy atom. The van der Waals surface area contributed by atoms with E-state index in [4.69, 9.17) is 11.5 Å². The van der Waals surface area contributed by atoms with Crippen molar-refractivity contribution in [3.05, 3.63) is 35.4 Å². The van der Waals surface area contributed by atoms with Crippen LogP contribution in [0, 0.1) is 0 Å². The highest BCUT2D eigenvalue weighted by Gasteiger charge is 1.94. The first-order valence-corrected chi connectivity index (χ1v) is 5.50. The van der Waals surface area contributed by atoms with Gasteiger partial charge >= 0.3 is 0 Å². The first kappa shape index (κ1) is 14.5. The van der Waals surface area contributed by atoms with E-state index in [1.54, 1.807) is 0 Å². The minimum atomic E-state index is 0.129. The van der Waals surface area contributed by atoms with Crippen molar-refractivity contribution >= 4 is 5.96 Å². The number of aliphatic imine (C=N–C) groups is 1. The maximum atomic E-state index is 5.25. The van der Waals surface area contributed by atoms with Crippen molar-refractivity contribution in [2.75, 3.05) is 7.05 Å². The molecule has 0 unspecified atom stereocenters. The molecule has 0 saturated heterocycles. The van der Waals surface area contributed by atoms with Crippen LogP contribution in [0.4, 0.5) is 0 Å². The number of hydrogen-bond acceptors (Lipinski definition) is 2. The van der Waals surface area contributed by atoms with Gasteiger partial charge in [-0.2, -0.15) is 0 Å². The van der Waals surface area contributed by atoms with Gasteiger partial charge in [-0.3, -0.25) is 0 Å². The van der Waals surface area contributed by atoms with Crippen molar-refractivity contribution in [1.29, 1.82) is 0 Å². The predicted molar refractivity (Wildman–Crippen MR) is 70.1 cm³/mol. The van der Waals surface area contributed by atoms with Crippen molar-refractivity contribution in [2.24, 2.45) is 16.5 Å². The summed E-state index contributed by atoms with van der Waals surface area (Å²) >= 11 is 0. The third-order valence-corrected chi connectivity index (χ3v) is 1.82. The maximum absolute atomic E-state index is 5.25. The van der Waals surface area contributed by atoms with Crippen LogP contribution < -0.4 is 16.8 Å². The SMILES string of the molecule is CC.CNCc1cccc(CN=C(N)N)c1. The lowest BCUT2D eigenvalue weighted by Gasteiger charge is -2.02. The average molecular weight is 222 g/mol. The van der Waals surface area contributed by atoms with Gasteiger partial charge in [0.05, 0.1) is 6.54 Å². The number of hydrogen-bond donors (Lipinski definition) is 3. The summed E-state index contributed by atoms with van der Waals surface area (Å²) in [4.78, 5) is 3.95. The van der Waals surface area contributed by atoms with Crippen LogP contribution in [-0.4, -0.2) is 13.0 Å². The molecule has 5 N–H and O–H groups in total. The Morgan fingerprint density at radius 3 is 2.44 bits per heavy atom. The van der Waals surface area contributed by atoms with E-state index in [2.05, 4.69) is 22.4 Å². The summed E-state index contributed by atoms with van der Waals surface area (Å²) < 4.78 is 0. The van der Waals surface area contributed by atoms with E-state index in [0.29, 0.717) is 6.54 Å². The Kier molecular flexibility index (Phi) is 7.89. The molecule has 0 radical (unpaired) electrons. The van der Waals surface area contributed by atoms with Crippen molar-refractivity contribution in [2.45, 2.75) is 26.9 Å². The van der Waals surface area contributed by atoms with Gasteiger partial charge in [0.15, 0.2) is 5.96 Å². The van der Waals surface area contributed by atoms with Crippen LogP contribution in [0.25, 0.3) is 0 Å². The molecule has 0 aliphatic heterocycles. The summed E-state index contributed by atoms with van der Waals surface area (Å²) in [6.45, 7) is 5.40. The fourth-order valence-corrected chi connectivity index (χ4v) is 1.22. The highest BCUT2D eigenvalue weighted by Crippen LogP contribution is 2.06. The Labute approximate surface area is 97.8 Å². The summed E-state index contributed by atoms with van der Waals surface area (Å²) in [5.74, 6) is 0.129. The standard InChI is InChI=1S/C10H16N4.C2H6/c1-13-6-8-3-2-4-9(5-8)7-14-10(11)12;1-2/h2-5,13H,6-7H2,1H3,(H4,11,12,14);1-2H3. The Balaban J connectivity index is 0.00000106. The Morgan fingerprint density at radius 2 is 1.88 bits per heavy atom. The molecule has 0 saturated carbocycles. The summed E-state index contributed by atoms with van der Waals surface area (Å²) in [7, 11) is 1.92. The second kappa shape index (κ2) is 8.73. The molecule has 0 bridgehead atoms. The van der Waals surface area contributed by atoms with Gasteiger partial charge in [0.2, 0.25) is 0 Å². The van der Waals surface area contributed by atoms with Crippen LogP contribution in [0.3, 0.4) is 0 Å². The molecule has 0 fully saturated rings. The monoisotopic (exact) mass is 222 g/mol. The van der Waals surface area contributed by atoms with Gasteiger partial charge in [-0.15, -0.1) is 0 Å². The van der Waals surface area contributed by atoms with E-state index < -0.39 is 0 Å². The van der Waals surface area contributed by atoms with E-state index >= 15 is 0 Å². The fraction of sp³-hybridized carbons (Fsp3) is 0.417. The number of rotatable bonds is 4. The van der Waals surface area contributed by atoms with Gasteiger partial charge in [-0.1, -0.05) is 38.1 Å². The van der Waals surface area contributed by atoms with Crippen LogP contribution in [-0.2, 0) is 13.1 Å². The summed E-state index contributed by atoms with van der Waals surface area (Å²) in [6.07, 6.45) is 0. The van der Waals surface area contributed by atoms with E-state index in [9.17, 15) is 0 Å². The molecule has 0 heterocycles. The quantitative estimate of drug-likeness (QED) is 0.529. The zero-order valence-corrected chi connectivity index (χ0v) is 10.3. The minimum Gasteiger partial charge on any atom is -0.370 e. The van der Waals surface area contributed by atoms with Crippen LogP contribution in [0.5, 0.6) is 0 Å². The highest BCUT2D eigenvalue weighted by atomic mass is 15.0. The molecule has 0 aliphatic rings. The fourth-order valence-electron chi connectivity index (χ4n) is 1.22. The normalized spacial score (nSPS) is 8.94. The number of guanidine groups is 1. The molecule has 1 rings (SSSR count). The Bertz CT molecular complexity index is 317. The molecule has 0 spiro atoms. The molecule has 90 valence electrons. The van der Waals surface area contributed by atoms with Gasteiger partial charge in [-0.25, -0.2) is 4.99 Å².